The average molecular weight is 349 g/mol. The van der Waals surface area contributed by atoms with Crippen molar-refractivity contribution in [1.82, 2.24) is 15.4 Å². The maximum atomic E-state index is 4.77. The van der Waals surface area contributed by atoms with Gasteiger partial charge in [0.15, 0.2) is 11.0 Å². The molecule has 0 amide bonds. The highest BCUT2D eigenvalue weighted by atomic mass is 32.2. The third-order valence-corrected chi connectivity index (χ3v) is 6.71. The summed E-state index contributed by atoms with van der Waals surface area (Å²) in [6.45, 7) is 0. The lowest BCUT2D eigenvalue weighted by atomic mass is 9.96. The number of hydrazine groups is 1. The van der Waals surface area contributed by atoms with Gasteiger partial charge in [-0.25, -0.2) is 15.4 Å². The van der Waals surface area contributed by atoms with Gasteiger partial charge in [-0.3, -0.25) is 0 Å². The zero-order chi connectivity index (χ0) is 15.6. The quantitative estimate of drug-likeness (QED) is 0.482. The Hall–Kier alpha value is -0.850. The van der Waals surface area contributed by atoms with Gasteiger partial charge in [-0.2, -0.15) is 0 Å². The van der Waals surface area contributed by atoms with Crippen molar-refractivity contribution in [3.05, 3.63) is 10.4 Å². The standard InChI is InChI=1S/C17H24N4S2/c1-22-17-18-15(21-20-11-7-3-2-4-8-11)14-12-9-5-6-10-13(12)23-16(14)19-17/h11,20H,2-10H2,1H3,(H,18,19,21). The summed E-state index contributed by atoms with van der Waals surface area (Å²) in [7, 11) is 0. The van der Waals surface area contributed by atoms with Crippen LogP contribution in [0.5, 0.6) is 0 Å². The van der Waals surface area contributed by atoms with Crippen molar-refractivity contribution in [3.63, 3.8) is 0 Å². The Balaban J connectivity index is 1.66. The molecule has 0 spiro atoms. The van der Waals surface area contributed by atoms with E-state index in [1.54, 1.807) is 11.8 Å². The summed E-state index contributed by atoms with van der Waals surface area (Å²) in [5.74, 6) is 0.990. The molecule has 0 atom stereocenters. The summed E-state index contributed by atoms with van der Waals surface area (Å²) in [4.78, 5) is 12.2. The van der Waals surface area contributed by atoms with Crippen LogP contribution in [0.25, 0.3) is 10.2 Å². The lowest BCUT2D eigenvalue weighted by Crippen LogP contribution is -2.36. The molecule has 4 nitrogen and oxygen atoms in total. The highest BCUT2D eigenvalue weighted by Gasteiger charge is 2.21. The molecule has 2 heterocycles. The van der Waals surface area contributed by atoms with Crippen LogP contribution in [0.2, 0.25) is 0 Å². The second-order valence-electron chi connectivity index (χ2n) is 6.55. The molecule has 0 unspecified atom stereocenters. The summed E-state index contributed by atoms with van der Waals surface area (Å²) in [6.07, 6.45) is 13.6. The molecule has 2 aromatic heterocycles. The lowest BCUT2D eigenvalue weighted by Gasteiger charge is -2.23. The minimum atomic E-state index is 0.570. The average Bonchev–Trinajstić information content (AvgIpc) is 2.99. The second-order valence-corrected chi connectivity index (χ2v) is 8.41. The maximum Gasteiger partial charge on any atom is 0.190 e. The van der Waals surface area contributed by atoms with Gasteiger partial charge in [0.2, 0.25) is 0 Å². The minimum absolute atomic E-state index is 0.570. The predicted molar refractivity (Wildman–Crippen MR) is 99.5 cm³/mol. The Kier molecular flexibility index (Phi) is 4.73. The molecule has 0 saturated heterocycles. The SMILES string of the molecule is CSc1nc(NNC2CCCCC2)c2c3c(sc2n1)CCCC3. The monoisotopic (exact) mass is 348 g/mol. The van der Waals surface area contributed by atoms with Gasteiger partial charge >= 0.3 is 0 Å². The summed E-state index contributed by atoms with van der Waals surface area (Å²) < 4.78 is 0. The van der Waals surface area contributed by atoms with Crippen LogP contribution in [-0.4, -0.2) is 22.3 Å². The first kappa shape index (κ1) is 15.7. The van der Waals surface area contributed by atoms with Gasteiger partial charge in [0, 0.05) is 10.9 Å². The lowest BCUT2D eigenvalue weighted by molar-refractivity contribution is 0.392. The van der Waals surface area contributed by atoms with Gasteiger partial charge in [-0.1, -0.05) is 31.0 Å². The van der Waals surface area contributed by atoms with Crippen LogP contribution in [0.3, 0.4) is 0 Å². The molecule has 1 saturated carbocycles. The van der Waals surface area contributed by atoms with Gasteiger partial charge < -0.3 is 5.43 Å². The van der Waals surface area contributed by atoms with E-state index in [1.165, 1.54) is 73.6 Å². The van der Waals surface area contributed by atoms with Crippen molar-refractivity contribution in [3.8, 4) is 0 Å². The van der Waals surface area contributed by atoms with Crippen molar-refractivity contribution in [1.29, 1.82) is 0 Å². The van der Waals surface area contributed by atoms with Gasteiger partial charge in [-0.05, 0) is 50.3 Å². The first-order valence-electron chi connectivity index (χ1n) is 8.73. The van der Waals surface area contributed by atoms with Gasteiger partial charge in [0.25, 0.3) is 0 Å². The fourth-order valence-electron chi connectivity index (χ4n) is 3.74. The van der Waals surface area contributed by atoms with E-state index < -0.39 is 0 Å². The third kappa shape index (κ3) is 3.21. The van der Waals surface area contributed by atoms with E-state index in [4.69, 9.17) is 9.97 Å². The molecule has 0 radical (unpaired) electrons. The van der Waals surface area contributed by atoms with E-state index in [2.05, 4.69) is 10.9 Å². The molecule has 23 heavy (non-hydrogen) atoms. The molecule has 0 bridgehead atoms. The topological polar surface area (TPSA) is 49.8 Å². The Labute approximate surface area is 145 Å². The number of anilines is 1. The first-order chi connectivity index (χ1) is 11.3. The van der Waals surface area contributed by atoms with E-state index in [1.807, 2.05) is 17.6 Å². The molecule has 0 aromatic carbocycles. The smallest absolute Gasteiger partial charge is 0.190 e. The van der Waals surface area contributed by atoms with Gasteiger partial charge in [0.1, 0.15) is 4.83 Å². The molecular weight excluding hydrogens is 324 g/mol. The van der Waals surface area contributed by atoms with E-state index >= 15 is 0 Å². The molecule has 4 rings (SSSR count). The maximum absolute atomic E-state index is 4.77. The largest absolute Gasteiger partial charge is 0.305 e. The van der Waals surface area contributed by atoms with Crippen LogP contribution >= 0.6 is 23.1 Å². The molecule has 124 valence electrons. The van der Waals surface area contributed by atoms with E-state index in [0.29, 0.717) is 6.04 Å². The molecular formula is C17H24N4S2. The van der Waals surface area contributed by atoms with E-state index in [9.17, 15) is 0 Å². The van der Waals surface area contributed by atoms with Crippen molar-refractivity contribution >= 4 is 39.1 Å². The van der Waals surface area contributed by atoms with E-state index in [0.717, 1.165) is 15.8 Å². The van der Waals surface area contributed by atoms with Gasteiger partial charge in [-0.15, -0.1) is 11.3 Å². The molecule has 2 aliphatic carbocycles. The Morgan fingerprint density at radius 1 is 1.04 bits per heavy atom. The molecule has 2 aromatic rings. The van der Waals surface area contributed by atoms with Crippen LogP contribution in [-0.2, 0) is 12.8 Å². The first-order valence-corrected chi connectivity index (χ1v) is 10.8. The highest BCUT2D eigenvalue weighted by Crippen LogP contribution is 2.39. The number of hydrogen-bond acceptors (Lipinski definition) is 6. The summed E-state index contributed by atoms with van der Waals surface area (Å²) >= 11 is 3.49. The van der Waals surface area contributed by atoms with Crippen molar-refractivity contribution in [2.75, 3.05) is 11.7 Å². The Morgan fingerprint density at radius 2 is 1.87 bits per heavy atom. The second kappa shape index (κ2) is 6.95. The summed E-state index contributed by atoms with van der Waals surface area (Å²) in [6, 6.07) is 0.570. The molecule has 6 heteroatoms. The van der Waals surface area contributed by atoms with Crippen LogP contribution < -0.4 is 10.9 Å². The number of fused-ring (bicyclic) bond motifs is 3. The van der Waals surface area contributed by atoms with Crippen molar-refractivity contribution in [2.45, 2.75) is 69.0 Å². The molecule has 1 fully saturated rings. The number of thioether (sulfide) groups is 1. The molecule has 0 aliphatic heterocycles. The molecule has 2 N–H and O–H groups in total. The van der Waals surface area contributed by atoms with Crippen molar-refractivity contribution < 1.29 is 0 Å². The Morgan fingerprint density at radius 3 is 2.70 bits per heavy atom. The number of nitrogens with one attached hydrogen (secondary N) is 2. The van der Waals surface area contributed by atoms with Crippen LogP contribution in [0.4, 0.5) is 5.82 Å². The van der Waals surface area contributed by atoms with Crippen LogP contribution in [0.1, 0.15) is 55.4 Å². The van der Waals surface area contributed by atoms with Crippen LogP contribution in [0.15, 0.2) is 5.16 Å². The Bertz CT molecular complexity index is 691. The number of aryl methyl sites for hydroxylation is 2. The third-order valence-electron chi connectivity index (χ3n) is 4.98. The normalized spacial score (nSPS) is 19.0. The van der Waals surface area contributed by atoms with Crippen molar-refractivity contribution in [2.24, 2.45) is 0 Å². The fraction of sp³-hybridized carbons (Fsp3) is 0.647. The van der Waals surface area contributed by atoms with E-state index in [-0.39, 0.29) is 0 Å². The van der Waals surface area contributed by atoms with Crippen LogP contribution in [0, 0.1) is 0 Å². The zero-order valence-electron chi connectivity index (χ0n) is 13.7. The minimum Gasteiger partial charge on any atom is -0.305 e. The fourth-order valence-corrected chi connectivity index (χ4v) is 5.42. The summed E-state index contributed by atoms with van der Waals surface area (Å²) in [5, 5.41) is 2.13. The predicted octanol–water partition coefficient (Wildman–Crippen LogP) is 4.54. The zero-order valence-corrected chi connectivity index (χ0v) is 15.3. The number of hydrogen-bond donors (Lipinski definition) is 2. The number of nitrogens with zero attached hydrogens (tertiary/aromatic N) is 2. The number of thiophene rings is 1. The summed E-state index contributed by atoms with van der Waals surface area (Å²) in [5.41, 5.74) is 8.49. The molecule has 2 aliphatic rings. The van der Waals surface area contributed by atoms with Gasteiger partial charge in [0.05, 0.1) is 5.39 Å². The number of rotatable bonds is 4. The number of aromatic nitrogens is 2. The highest BCUT2D eigenvalue weighted by molar-refractivity contribution is 7.98.